The summed E-state index contributed by atoms with van der Waals surface area (Å²) in [4.78, 5) is 3.81. The average molecular weight is 321 g/mol. The van der Waals surface area contributed by atoms with Gasteiger partial charge >= 0.3 is 6.18 Å². The van der Waals surface area contributed by atoms with E-state index < -0.39 is 17.6 Å². The molecule has 0 saturated carbocycles. The molecule has 0 aliphatic heterocycles. The summed E-state index contributed by atoms with van der Waals surface area (Å²) in [5.74, 6) is 4.06. The molecule has 9 heteroatoms. The van der Waals surface area contributed by atoms with Crippen molar-refractivity contribution < 1.29 is 17.6 Å². The monoisotopic (exact) mass is 320 g/mol. The van der Waals surface area contributed by atoms with Gasteiger partial charge in [-0.25, -0.2) is 15.2 Å². The molecular formula is C12H9ClF4N4. The minimum atomic E-state index is -4.56. The van der Waals surface area contributed by atoms with Crippen LogP contribution >= 0.6 is 11.6 Å². The van der Waals surface area contributed by atoms with E-state index in [0.717, 1.165) is 18.2 Å². The molecule has 112 valence electrons. The van der Waals surface area contributed by atoms with E-state index in [2.05, 4.69) is 10.3 Å². The number of alkyl halides is 3. The maximum absolute atomic E-state index is 13.3. The Morgan fingerprint density at radius 1 is 1.10 bits per heavy atom. The Hall–Kier alpha value is -2.06. The predicted molar refractivity (Wildman–Crippen MR) is 71.7 cm³/mol. The van der Waals surface area contributed by atoms with Gasteiger partial charge in [0, 0.05) is 5.69 Å². The molecule has 1 aromatic heterocycles. The zero-order valence-corrected chi connectivity index (χ0v) is 11.1. The fourth-order valence-corrected chi connectivity index (χ4v) is 1.67. The van der Waals surface area contributed by atoms with Crippen LogP contribution in [0.5, 0.6) is 0 Å². The minimum absolute atomic E-state index is 0.0955. The molecule has 2 aromatic rings. The average Bonchev–Trinajstić information content (AvgIpc) is 2.41. The molecular weight excluding hydrogens is 312 g/mol. The number of nitrogens with two attached hydrogens (primary N) is 1. The van der Waals surface area contributed by atoms with Crippen LogP contribution in [0.25, 0.3) is 0 Å². The van der Waals surface area contributed by atoms with Gasteiger partial charge in [-0.05, 0) is 30.3 Å². The first-order chi connectivity index (χ1) is 9.79. The van der Waals surface area contributed by atoms with Crippen LogP contribution in [-0.2, 0) is 6.18 Å². The number of hydrazine groups is 1. The SMILES string of the molecule is NNc1cc(C(F)(F)F)cc(Nc2ccc(Cl)c(F)c2)n1. The molecule has 0 aliphatic rings. The first kappa shape index (κ1) is 15.3. The van der Waals surface area contributed by atoms with Crippen molar-refractivity contribution in [3.63, 3.8) is 0 Å². The maximum Gasteiger partial charge on any atom is 0.416 e. The highest BCUT2D eigenvalue weighted by Crippen LogP contribution is 2.32. The molecule has 0 bridgehead atoms. The summed E-state index contributed by atoms with van der Waals surface area (Å²) >= 11 is 5.52. The number of hydrogen-bond acceptors (Lipinski definition) is 4. The smallest absolute Gasteiger partial charge is 0.340 e. The Bertz CT molecular complexity index is 660. The van der Waals surface area contributed by atoms with Crippen molar-refractivity contribution in [2.24, 2.45) is 5.84 Å². The molecule has 0 fully saturated rings. The molecule has 0 aliphatic carbocycles. The third-order valence-electron chi connectivity index (χ3n) is 2.49. The molecule has 0 spiro atoms. The lowest BCUT2D eigenvalue weighted by Crippen LogP contribution is -2.13. The maximum atomic E-state index is 13.3. The van der Waals surface area contributed by atoms with Crippen molar-refractivity contribution in [1.29, 1.82) is 0 Å². The number of nitrogens with zero attached hydrogens (tertiary/aromatic N) is 1. The first-order valence-corrected chi connectivity index (χ1v) is 5.95. The Kier molecular flexibility index (Phi) is 4.19. The van der Waals surface area contributed by atoms with Crippen molar-refractivity contribution in [1.82, 2.24) is 4.98 Å². The van der Waals surface area contributed by atoms with E-state index in [4.69, 9.17) is 17.4 Å². The fraction of sp³-hybridized carbons (Fsp3) is 0.0833. The minimum Gasteiger partial charge on any atom is -0.340 e. The summed E-state index contributed by atoms with van der Waals surface area (Å²) in [5, 5.41) is 2.46. The number of aromatic nitrogens is 1. The van der Waals surface area contributed by atoms with Gasteiger partial charge in [-0.1, -0.05) is 11.6 Å². The molecule has 0 amide bonds. The fourth-order valence-electron chi connectivity index (χ4n) is 1.55. The lowest BCUT2D eigenvalue weighted by atomic mass is 10.2. The van der Waals surface area contributed by atoms with E-state index in [1.807, 2.05) is 5.43 Å². The van der Waals surface area contributed by atoms with E-state index in [-0.39, 0.29) is 22.3 Å². The van der Waals surface area contributed by atoms with Crippen LogP contribution in [0.15, 0.2) is 30.3 Å². The van der Waals surface area contributed by atoms with Crippen molar-refractivity contribution in [3.8, 4) is 0 Å². The second-order valence-electron chi connectivity index (χ2n) is 4.02. The van der Waals surface area contributed by atoms with E-state index in [1.54, 1.807) is 0 Å². The molecule has 0 atom stereocenters. The van der Waals surface area contributed by atoms with Crippen LogP contribution in [0.4, 0.5) is 34.9 Å². The van der Waals surface area contributed by atoms with Crippen molar-refractivity contribution in [2.45, 2.75) is 6.18 Å². The van der Waals surface area contributed by atoms with Gasteiger partial charge in [0.1, 0.15) is 17.5 Å². The zero-order valence-electron chi connectivity index (χ0n) is 10.3. The summed E-state index contributed by atoms with van der Waals surface area (Å²) in [6.07, 6.45) is -4.56. The van der Waals surface area contributed by atoms with Crippen LogP contribution in [0.2, 0.25) is 5.02 Å². The summed E-state index contributed by atoms with van der Waals surface area (Å²) < 4.78 is 51.5. The topological polar surface area (TPSA) is 63.0 Å². The second kappa shape index (κ2) is 5.74. The highest BCUT2D eigenvalue weighted by molar-refractivity contribution is 6.30. The Labute approximate surface area is 121 Å². The Morgan fingerprint density at radius 3 is 2.33 bits per heavy atom. The normalized spacial score (nSPS) is 11.3. The van der Waals surface area contributed by atoms with Gasteiger partial charge in [0.15, 0.2) is 0 Å². The third-order valence-corrected chi connectivity index (χ3v) is 2.80. The van der Waals surface area contributed by atoms with Crippen LogP contribution in [0, 0.1) is 5.82 Å². The van der Waals surface area contributed by atoms with Crippen LogP contribution in [0.3, 0.4) is 0 Å². The Balaban J connectivity index is 2.36. The van der Waals surface area contributed by atoms with Gasteiger partial charge in [0.05, 0.1) is 10.6 Å². The lowest BCUT2D eigenvalue weighted by molar-refractivity contribution is -0.137. The molecule has 4 nitrogen and oxygen atoms in total. The number of nitrogens with one attached hydrogen (secondary N) is 2. The Morgan fingerprint density at radius 2 is 1.76 bits per heavy atom. The van der Waals surface area contributed by atoms with E-state index in [0.29, 0.717) is 0 Å². The van der Waals surface area contributed by atoms with Crippen molar-refractivity contribution >= 4 is 28.9 Å². The number of nitrogen functional groups attached to an aromatic ring is 1. The summed E-state index contributed by atoms with van der Waals surface area (Å²) in [7, 11) is 0. The first-order valence-electron chi connectivity index (χ1n) is 5.57. The predicted octanol–water partition coefficient (Wildman–Crippen LogP) is 3.92. The highest BCUT2D eigenvalue weighted by atomic mass is 35.5. The molecule has 0 saturated heterocycles. The lowest BCUT2D eigenvalue weighted by Gasteiger charge is -2.12. The van der Waals surface area contributed by atoms with E-state index in [9.17, 15) is 17.6 Å². The molecule has 4 N–H and O–H groups in total. The van der Waals surface area contributed by atoms with Crippen molar-refractivity contribution in [2.75, 3.05) is 10.7 Å². The highest BCUT2D eigenvalue weighted by Gasteiger charge is 2.31. The molecule has 0 unspecified atom stereocenters. The zero-order chi connectivity index (χ0) is 15.6. The molecule has 1 aromatic carbocycles. The van der Waals surface area contributed by atoms with Crippen molar-refractivity contribution in [3.05, 3.63) is 46.7 Å². The summed E-state index contributed by atoms with van der Waals surface area (Å²) in [6.45, 7) is 0. The van der Waals surface area contributed by atoms with E-state index >= 15 is 0 Å². The second-order valence-corrected chi connectivity index (χ2v) is 4.43. The number of anilines is 3. The standard InChI is InChI=1S/C12H9ClF4N4/c13-8-2-1-7(5-9(8)14)19-10-3-6(12(15,16)17)4-11(20-10)21-18/h1-5H,18H2,(H2,19,20,21). The number of benzene rings is 1. The van der Waals surface area contributed by atoms with Crippen LogP contribution in [0.1, 0.15) is 5.56 Å². The number of pyridine rings is 1. The van der Waals surface area contributed by atoms with Gasteiger partial charge in [0.25, 0.3) is 0 Å². The molecule has 1 heterocycles. The largest absolute Gasteiger partial charge is 0.416 e. The van der Waals surface area contributed by atoms with Gasteiger partial charge < -0.3 is 10.7 Å². The molecule has 21 heavy (non-hydrogen) atoms. The van der Waals surface area contributed by atoms with Crippen LogP contribution < -0.4 is 16.6 Å². The molecule has 0 radical (unpaired) electrons. The summed E-state index contributed by atoms with van der Waals surface area (Å²) in [6, 6.07) is 5.26. The van der Waals surface area contributed by atoms with Gasteiger partial charge in [-0.2, -0.15) is 13.2 Å². The third kappa shape index (κ3) is 3.73. The molecule has 2 rings (SSSR count). The van der Waals surface area contributed by atoms with Gasteiger partial charge in [-0.15, -0.1) is 0 Å². The quantitative estimate of drug-likeness (QED) is 0.455. The summed E-state index contributed by atoms with van der Waals surface area (Å²) in [5.41, 5.74) is 1.30. The number of hydrogen-bond donors (Lipinski definition) is 3. The number of halogens is 5. The van der Waals surface area contributed by atoms with E-state index in [1.165, 1.54) is 12.1 Å². The number of rotatable bonds is 3. The van der Waals surface area contributed by atoms with Gasteiger partial charge in [0.2, 0.25) is 0 Å². The van der Waals surface area contributed by atoms with Gasteiger partial charge in [-0.3, -0.25) is 0 Å². The van der Waals surface area contributed by atoms with Crippen LogP contribution in [-0.4, -0.2) is 4.98 Å².